The lowest BCUT2D eigenvalue weighted by atomic mass is 9.72. The summed E-state index contributed by atoms with van der Waals surface area (Å²) in [5.41, 5.74) is -0.0154. The van der Waals surface area contributed by atoms with E-state index in [9.17, 15) is 4.79 Å². The molecule has 0 radical (unpaired) electrons. The molecule has 0 aliphatic heterocycles. The summed E-state index contributed by atoms with van der Waals surface area (Å²) in [5, 5.41) is 3.02. The van der Waals surface area contributed by atoms with Crippen LogP contribution in [0.25, 0.3) is 0 Å². The van der Waals surface area contributed by atoms with Crippen LogP contribution in [0.2, 0.25) is 0 Å². The van der Waals surface area contributed by atoms with E-state index in [1.807, 2.05) is 6.92 Å². The van der Waals surface area contributed by atoms with Crippen molar-refractivity contribution >= 4 is 6.09 Å². The minimum absolute atomic E-state index is 0.125. The van der Waals surface area contributed by atoms with Crippen molar-refractivity contribution in [1.82, 2.24) is 5.32 Å². The molecule has 1 aliphatic carbocycles. The molecule has 0 heterocycles. The Labute approximate surface area is 92.6 Å². The molecule has 0 aromatic rings. The van der Waals surface area contributed by atoms with Crippen LogP contribution >= 0.6 is 0 Å². The summed E-state index contributed by atoms with van der Waals surface area (Å²) in [4.78, 5) is 11.5. The monoisotopic (exact) mass is 213 g/mol. The van der Waals surface area contributed by atoms with E-state index in [2.05, 4.69) is 33.0 Å². The molecule has 3 heteroatoms. The topological polar surface area (TPSA) is 38.3 Å². The van der Waals surface area contributed by atoms with Gasteiger partial charge in [0, 0.05) is 5.54 Å². The number of nitrogens with one attached hydrogen (secondary N) is 1. The molecule has 0 aromatic heterocycles. The minimum atomic E-state index is -0.290. The molecule has 0 spiro atoms. The molecule has 1 amide bonds. The summed E-state index contributed by atoms with van der Waals surface area (Å²) in [6.07, 6.45) is 1.90. The predicted molar refractivity (Wildman–Crippen MR) is 60.7 cm³/mol. The molecule has 3 nitrogen and oxygen atoms in total. The standard InChI is InChI=1S/C12H23NO2/c1-6-15-10(14)13-12(5)8-7-9(2)11(12,3)4/h9H,6-8H2,1-5H3,(H,13,14)/t9?,12-/m0/s1. The van der Waals surface area contributed by atoms with Gasteiger partial charge in [-0.3, -0.25) is 0 Å². The first kappa shape index (κ1) is 12.3. The number of ether oxygens (including phenoxy) is 1. The molecule has 0 saturated heterocycles. The molecule has 1 unspecified atom stereocenters. The lowest BCUT2D eigenvalue weighted by Gasteiger charge is -2.41. The number of carbonyl (C=O) groups excluding carboxylic acids is 1. The van der Waals surface area contributed by atoms with E-state index >= 15 is 0 Å². The fourth-order valence-electron chi connectivity index (χ4n) is 2.35. The lowest BCUT2D eigenvalue weighted by molar-refractivity contribution is 0.102. The average molecular weight is 213 g/mol. The minimum Gasteiger partial charge on any atom is -0.450 e. The summed E-state index contributed by atoms with van der Waals surface area (Å²) in [7, 11) is 0. The van der Waals surface area contributed by atoms with Gasteiger partial charge in [0.1, 0.15) is 0 Å². The second-order valence-electron chi connectivity index (χ2n) is 5.34. The maximum absolute atomic E-state index is 11.5. The number of alkyl carbamates (subject to hydrolysis) is 1. The second-order valence-corrected chi connectivity index (χ2v) is 5.34. The van der Waals surface area contributed by atoms with Gasteiger partial charge in [0.25, 0.3) is 0 Å². The van der Waals surface area contributed by atoms with Crippen LogP contribution in [0.1, 0.15) is 47.5 Å². The number of carbonyl (C=O) groups is 1. The first-order valence-electron chi connectivity index (χ1n) is 5.78. The second kappa shape index (κ2) is 4.03. The Morgan fingerprint density at radius 1 is 1.47 bits per heavy atom. The van der Waals surface area contributed by atoms with Crippen LogP contribution in [0.5, 0.6) is 0 Å². The molecule has 1 aliphatic rings. The number of hydrogen-bond donors (Lipinski definition) is 1. The Bertz CT molecular complexity index is 250. The number of amides is 1. The van der Waals surface area contributed by atoms with E-state index < -0.39 is 0 Å². The summed E-state index contributed by atoms with van der Waals surface area (Å²) in [6.45, 7) is 11.1. The van der Waals surface area contributed by atoms with E-state index in [4.69, 9.17) is 4.74 Å². The fourth-order valence-corrected chi connectivity index (χ4v) is 2.35. The fraction of sp³-hybridized carbons (Fsp3) is 0.917. The van der Waals surface area contributed by atoms with E-state index in [0.717, 1.165) is 12.8 Å². The highest BCUT2D eigenvalue weighted by Crippen LogP contribution is 2.49. The van der Waals surface area contributed by atoms with Crippen molar-refractivity contribution in [2.45, 2.75) is 53.0 Å². The predicted octanol–water partition coefficient (Wildman–Crippen LogP) is 2.95. The van der Waals surface area contributed by atoms with Gasteiger partial charge in [0.05, 0.1) is 6.61 Å². The first-order valence-corrected chi connectivity index (χ1v) is 5.78. The molecule has 1 saturated carbocycles. The first-order chi connectivity index (χ1) is 6.83. The zero-order valence-electron chi connectivity index (χ0n) is 10.5. The van der Waals surface area contributed by atoms with Crippen LogP contribution in [0.3, 0.4) is 0 Å². The van der Waals surface area contributed by atoms with Crippen LogP contribution in [0, 0.1) is 11.3 Å². The van der Waals surface area contributed by atoms with Gasteiger partial charge in [-0.25, -0.2) is 4.79 Å². The largest absolute Gasteiger partial charge is 0.450 e. The molecule has 0 bridgehead atoms. The average Bonchev–Trinajstić information content (AvgIpc) is 2.30. The molecule has 88 valence electrons. The molecular weight excluding hydrogens is 190 g/mol. The van der Waals surface area contributed by atoms with Gasteiger partial charge in [-0.05, 0) is 38.0 Å². The zero-order chi connectivity index (χ0) is 11.7. The zero-order valence-corrected chi connectivity index (χ0v) is 10.5. The van der Waals surface area contributed by atoms with E-state index in [-0.39, 0.29) is 17.0 Å². The van der Waals surface area contributed by atoms with E-state index in [1.54, 1.807) is 0 Å². The van der Waals surface area contributed by atoms with E-state index in [1.165, 1.54) is 0 Å². The maximum atomic E-state index is 11.5. The molecule has 0 aromatic carbocycles. The molecule has 1 rings (SSSR count). The van der Waals surface area contributed by atoms with Gasteiger partial charge >= 0.3 is 6.09 Å². The van der Waals surface area contributed by atoms with Crippen LogP contribution < -0.4 is 5.32 Å². The van der Waals surface area contributed by atoms with Crippen molar-refractivity contribution in [3.8, 4) is 0 Å². The van der Waals surface area contributed by atoms with Crippen molar-refractivity contribution in [2.75, 3.05) is 6.61 Å². The lowest BCUT2D eigenvalue weighted by Crippen LogP contribution is -2.54. The van der Waals surface area contributed by atoms with Crippen LogP contribution in [0.4, 0.5) is 4.79 Å². The number of hydrogen-bond acceptors (Lipinski definition) is 2. The smallest absolute Gasteiger partial charge is 0.407 e. The van der Waals surface area contributed by atoms with Crippen molar-refractivity contribution < 1.29 is 9.53 Å². The molecular formula is C12H23NO2. The van der Waals surface area contributed by atoms with Crippen molar-refractivity contribution in [2.24, 2.45) is 11.3 Å². The highest BCUT2D eigenvalue weighted by atomic mass is 16.5. The Morgan fingerprint density at radius 2 is 2.07 bits per heavy atom. The van der Waals surface area contributed by atoms with Crippen LogP contribution in [0.15, 0.2) is 0 Å². The van der Waals surface area contributed by atoms with Gasteiger partial charge in [0.2, 0.25) is 0 Å². The third kappa shape index (κ3) is 2.11. The summed E-state index contributed by atoms with van der Waals surface area (Å²) in [5.74, 6) is 0.629. The Morgan fingerprint density at radius 3 is 2.47 bits per heavy atom. The Kier molecular flexibility index (Phi) is 3.31. The summed E-state index contributed by atoms with van der Waals surface area (Å²) >= 11 is 0. The van der Waals surface area contributed by atoms with Gasteiger partial charge in [-0.15, -0.1) is 0 Å². The highest BCUT2D eigenvalue weighted by Gasteiger charge is 2.50. The third-order valence-electron chi connectivity index (χ3n) is 4.38. The van der Waals surface area contributed by atoms with Gasteiger partial charge in [-0.1, -0.05) is 20.8 Å². The maximum Gasteiger partial charge on any atom is 0.407 e. The van der Waals surface area contributed by atoms with Crippen molar-refractivity contribution in [1.29, 1.82) is 0 Å². The van der Waals surface area contributed by atoms with Crippen molar-refractivity contribution in [3.05, 3.63) is 0 Å². The summed E-state index contributed by atoms with van der Waals surface area (Å²) < 4.78 is 4.95. The molecule has 1 fully saturated rings. The summed E-state index contributed by atoms with van der Waals surface area (Å²) in [6, 6.07) is 0. The quantitative estimate of drug-likeness (QED) is 0.766. The Balaban J connectivity index is 2.71. The van der Waals surface area contributed by atoms with Gasteiger partial charge in [-0.2, -0.15) is 0 Å². The van der Waals surface area contributed by atoms with Crippen LogP contribution in [-0.2, 0) is 4.74 Å². The normalized spacial score (nSPS) is 33.8. The highest BCUT2D eigenvalue weighted by molar-refractivity contribution is 5.68. The third-order valence-corrected chi connectivity index (χ3v) is 4.38. The van der Waals surface area contributed by atoms with E-state index in [0.29, 0.717) is 12.5 Å². The Hall–Kier alpha value is -0.730. The van der Waals surface area contributed by atoms with Gasteiger partial charge < -0.3 is 10.1 Å². The van der Waals surface area contributed by atoms with Crippen molar-refractivity contribution in [3.63, 3.8) is 0 Å². The SMILES string of the molecule is CCOC(=O)N[C@@]1(C)CCC(C)C1(C)C. The molecule has 15 heavy (non-hydrogen) atoms. The van der Waals surface area contributed by atoms with Crippen LogP contribution in [-0.4, -0.2) is 18.2 Å². The van der Waals surface area contributed by atoms with Gasteiger partial charge in [0.15, 0.2) is 0 Å². The number of rotatable bonds is 2. The molecule has 2 atom stereocenters. The molecule has 1 N–H and O–H groups in total.